The van der Waals surface area contributed by atoms with E-state index in [0.29, 0.717) is 12.2 Å². The van der Waals surface area contributed by atoms with Crippen molar-refractivity contribution in [3.05, 3.63) is 100 Å². The summed E-state index contributed by atoms with van der Waals surface area (Å²) in [6.07, 6.45) is 0.358. The number of rotatable bonds is 9. The standard InChI is InChI=1S/C25H24BrFN2O3/c1-28-25(31)23(15-18-6-3-2-4-7-18)29(16-19-8-5-9-20(26)14-19)24(30)17-32-22-12-10-21(27)11-13-22/h2-14,23H,15-17H2,1H3,(H,28,31)/t23-/m0/s1. The zero-order valence-corrected chi connectivity index (χ0v) is 19.2. The van der Waals surface area contributed by atoms with Crippen LogP contribution in [0.5, 0.6) is 5.75 Å². The van der Waals surface area contributed by atoms with E-state index >= 15 is 0 Å². The molecule has 0 radical (unpaired) electrons. The lowest BCUT2D eigenvalue weighted by Crippen LogP contribution is -2.51. The lowest BCUT2D eigenvalue weighted by Gasteiger charge is -2.31. The van der Waals surface area contributed by atoms with Gasteiger partial charge in [-0.05, 0) is 47.5 Å². The summed E-state index contributed by atoms with van der Waals surface area (Å²) in [5.74, 6) is -0.623. The van der Waals surface area contributed by atoms with Crippen LogP contribution in [-0.4, -0.2) is 36.4 Å². The smallest absolute Gasteiger partial charge is 0.261 e. The predicted octanol–water partition coefficient (Wildman–Crippen LogP) is 4.35. The Kier molecular flexibility index (Phi) is 8.39. The molecule has 166 valence electrons. The van der Waals surface area contributed by atoms with Crippen LogP contribution in [0, 0.1) is 5.82 Å². The van der Waals surface area contributed by atoms with Crippen LogP contribution >= 0.6 is 15.9 Å². The molecular formula is C25H24BrFN2O3. The average molecular weight is 499 g/mol. The minimum absolute atomic E-state index is 0.232. The molecule has 0 aliphatic heterocycles. The van der Waals surface area contributed by atoms with Gasteiger partial charge in [-0.15, -0.1) is 0 Å². The Morgan fingerprint density at radius 2 is 1.69 bits per heavy atom. The summed E-state index contributed by atoms with van der Waals surface area (Å²) in [5.41, 5.74) is 1.81. The van der Waals surface area contributed by atoms with Gasteiger partial charge in [0.25, 0.3) is 5.91 Å². The molecular weight excluding hydrogens is 475 g/mol. The first-order valence-corrected chi connectivity index (χ1v) is 10.9. The fourth-order valence-corrected chi connectivity index (χ4v) is 3.76. The summed E-state index contributed by atoms with van der Waals surface area (Å²) >= 11 is 3.45. The van der Waals surface area contributed by atoms with Crippen LogP contribution in [-0.2, 0) is 22.6 Å². The predicted molar refractivity (Wildman–Crippen MR) is 125 cm³/mol. The Balaban J connectivity index is 1.86. The number of nitrogens with one attached hydrogen (secondary N) is 1. The number of carbonyl (C=O) groups is 2. The molecule has 3 aromatic carbocycles. The molecule has 0 heterocycles. The number of hydrogen-bond donors (Lipinski definition) is 1. The van der Waals surface area contributed by atoms with Gasteiger partial charge in [-0.25, -0.2) is 4.39 Å². The number of likely N-dealkylation sites (N-methyl/N-ethyl adjacent to an activating group) is 1. The zero-order chi connectivity index (χ0) is 22.9. The van der Waals surface area contributed by atoms with Gasteiger partial charge in [0, 0.05) is 24.5 Å². The molecule has 0 aromatic heterocycles. The molecule has 0 saturated carbocycles. The summed E-state index contributed by atoms with van der Waals surface area (Å²) in [4.78, 5) is 27.6. The van der Waals surface area contributed by atoms with Crippen LogP contribution < -0.4 is 10.1 Å². The SMILES string of the molecule is CNC(=O)[C@H](Cc1ccccc1)N(Cc1cccc(Br)c1)C(=O)COc1ccc(F)cc1. The Labute approximate surface area is 195 Å². The molecule has 0 saturated heterocycles. The molecule has 3 aromatic rings. The van der Waals surface area contributed by atoms with Crippen molar-refractivity contribution in [3.63, 3.8) is 0 Å². The summed E-state index contributed by atoms with van der Waals surface area (Å²) in [6, 6.07) is 21.8. The normalized spacial score (nSPS) is 11.5. The minimum Gasteiger partial charge on any atom is -0.484 e. The summed E-state index contributed by atoms with van der Waals surface area (Å²) in [7, 11) is 1.55. The second-order valence-electron chi connectivity index (χ2n) is 7.21. The highest BCUT2D eigenvalue weighted by Crippen LogP contribution is 2.18. The van der Waals surface area contributed by atoms with Crippen molar-refractivity contribution in [2.45, 2.75) is 19.0 Å². The largest absolute Gasteiger partial charge is 0.484 e. The van der Waals surface area contributed by atoms with Gasteiger partial charge in [-0.3, -0.25) is 9.59 Å². The number of nitrogens with zero attached hydrogens (tertiary/aromatic N) is 1. The molecule has 32 heavy (non-hydrogen) atoms. The first kappa shape index (κ1) is 23.5. The molecule has 0 aliphatic carbocycles. The van der Waals surface area contributed by atoms with Gasteiger partial charge in [-0.1, -0.05) is 58.4 Å². The number of ether oxygens (including phenoxy) is 1. The number of carbonyl (C=O) groups excluding carboxylic acids is 2. The van der Waals surface area contributed by atoms with Gasteiger partial charge in [-0.2, -0.15) is 0 Å². The van der Waals surface area contributed by atoms with E-state index in [1.807, 2.05) is 54.6 Å². The van der Waals surface area contributed by atoms with Crippen molar-refractivity contribution in [1.29, 1.82) is 0 Å². The first-order chi connectivity index (χ1) is 15.5. The van der Waals surface area contributed by atoms with E-state index in [1.54, 1.807) is 7.05 Å². The zero-order valence-electron chi connectivity index (χ0n) is 17.6. The molecule has 3 rings (SSSR count). The molecule has 0 bridgehead atoms. The number of halogens is 2. The van der Waals surface area contributed by atoms with E-state index in [4.69, 9.17) is 4.74 Å². The van der Waals surface area contributed by atoms with Crippen molar-refractivity contribution < 1.29 is 18.7 Å². The Morgan fingerprint density at radius 3 is 2.34 bits per heavy atom. The third-order valence-electron chi connectivity index (χ3n) is 4.94. The molecule has 0 unspecified atom stereocenters. The quantitative estimate of drug-likeness (QED) is 0.476. The van der Waals surface area contributed by atoms with Crippen molar-refractivity contribution >= 4 is 27.7 Å². The van der Waals surface area contributed by atoms with E-state index in [2.05, 4.69) is 21.2 Å². The van der Waals surface area contributed by atoms with Gasteiger partial charge in [0.2, 0.25) is 5.91 Å². The lowest BCUT2D eigenvalue weighted by molar-refractivity contribution is -0.142. The fourth-order valence-electron chi connectivity index (χ4n) is 3.31. The Hall–Kier alpha value is -3.19. The Morgan fingerprint density at radius 1 is 1.00 bits per heavy atom. The van der Waals surface area contributed by atoms with Gasteiger partial charge >= 0.3 is 0 Å². The highest BCUT2D eigenvalue weighted by molar-refractivity contribution is 9.10. The van der Waals surface area contributed by atoms with E-state index in [1.165, 1.54) is 29.2 Å². The van der Waals surface area contributed by atoms with Gasteiger partial charge < -0.3 is 15.0 Å². The topological polar surface area (TPSA) is 58.6 Å². The minimum atomic E-state index is -0.731. The molecule has 0 fully saturated rings. The van der Waals surface area contributed by atoms with Crippen LogP contribution in [0.1, 0.15) is 11.1 Å². The number of amides is 2. The van der Waals surface area contributed by atoms with Crippen LogP contribution in [0.4, 0.5) is 4.39 Å². The third-order valence-corrected chi connectivity index (χ3v) is 5.43. The van der Waals surface area contributed by atoms with E-state index in [-0.39, 0.29) is 30.8 Å². The lowest BCUT2D eigenvalue weighted by atomic mass is 10.0. The molecule has 5 nitrogen and oxygen atoms in total. The molecule has 1 atom stereocenters. The van der Waals surface area contributed by atoms with Gasteiger partial charge in [0.15, 0.2) is 6.61 Å². The first-order valence-electron chi connectivity index (χ1n) is 10.1. The summed E-state index contributed by atoms with van der Waals surface area (Å²) < 4.78 is 19.6. The Bertz CT molecular complexity index is 1040. The summed E-state index contributed by atoms with van der Waals surface area (Å²) in [6.45, 7) is -0.0438. The van der Waals surface area contributed by atoms with Crippen LogP contribution in [0.15, 0.2) is 83.3 Å². The maximum absolute atomic E-state index is 13.3. The molecule has 2 amide bonds. The third kappa shape index (κ3) is 6.65. The van der Waals surface area contributed by atoms with Crippen molar-refractivity contribution in [1.82, 2.24) is 10.2 Å². The average Bonchev–Trinajstić information content (AvgIpc) is 2.81. The maximum atomic E-state index is 13.3. The number of benzene rings is 3. The second-order valence-corrected chi connectivity index (χ2v) is 8.13. The molecule has 7 heteroatoms. The highest BCUT2D eigenvalue weighted by Gasteiger charge is 2.30. The maximum Gasteiger partial charge on any atom is 0.261 e. The van der Waals surface area contributed by atoms with Gasteiger partial charge in [0.05, 0.1) is 0 Å². The molecule has 1 N–H and O–H groups in total. The molecule has 0 spiro atoms. The van der Waals surface area contributed by atoms with Crippen molar-refractivity contribution in [2.75, 3.05) is 13.7 Å². The van der Waals surface area contributed by atoms with Gasteiger partial charge in [0.1, 0.15) is 17.6 Å². The second kappa shape index (κ2) is 11.4. The van der Waals surface area contributed by atoms with Crippen LogP contribution in [0.25, 0.3) is 0 Å². The van der Waals surface area contributed by atoms with E-state index < -0.39 is 6.04 Å². The van der Waals surface area contributed by atoms with Crippen molar-refractivity contribution in [2.24, 2.45) is 0 Å². The number of hydrogen-bond acceptors (Lipinski definition) is 3. The van der Waals surface area contributed by atoms with Crippen molar-refractivity contribution in [3.8, 4) is 5.75 Å². The highest BCUT2D eigenvalue weighted by atomic mass is 79.9. The summed E-state index contributed by atoms with van der Waals surface area (Å²) in [5, 5.41) is 2.67. The molecule has 0 aliphatic rings. The van der Waals surface area contributed by atoms with E-state index in [9.17, 15) is 14.0 Å². The van der Waals surface area contributed by atoms with Crippen LogP contribution in [0.3, 0.4) is 0 Å². The van der Waals surface area contributed by atoms with E-state index in [0.717, 1.165) is 15.6 Å². The fraction of sp³-hybridized carbons (Fsp3) is 0.200. The monoisotopic (exact) mass is 498 g/mol. The van der Waals surface area contributed by atoms with Crippen LogP contribution in [0.2, 0.25) is 0 Å².